The van der Waals surface area contributed by atoms with Crippen molar-refractivity contribution in [3.8, 4) is 0 Å². The van der Waals surface area contributed by atoms with Crippen LogP contribution in [-0.4, -0.2) is 11.7 Å². The van der Waals surface area contributed by atoms with Crippen LogP contribution in [0.3, 0.4) is 0 Å². The fourth-order valence-electron chi connectivity index (χ4n) is 1.81. The predicted octanol–water partition coefficient (Wildman–Crippen LogP) is 4.96. The molecule has 0 saturated heterocycles. The Morgan fingerprint density at radius 2 is 1.86 bits per heavy atom. The van der Waals surface area contributed by atoms with Crippen molar-refractivity contribution in [1.29, 1.82) is 0 Å². The minimum atomic E-state index is -0.520. The van der Waals surface area contributed by atoms with Crippen molar-refractivity contribution in [3.05, 3.63) is 59.3 Å². The molecule has 1 aromatic carbocycles. The molecule has 0 saturated carbocycles. The number of carbonyl (C=O) groups is 1. The molecule has 22 heavy (non-hydrogen) atoms. The maximum absolute atomic E-state index is 11.7. The van der Waals surface area contributed by atoms with Gasteiger partial charge >= 0.3 is 27.5 Å². The van der Waals surface area contributed by atoms with Crippen LogP contribution in [0, 0.1) is 6.42 Å². The average molecular weight is 539 g/mol. The number of fused-ring (bicyclic) bond motifs is 1. The van der Waals surface area contributed by atoms with Crippen LogP contribution < -0.4 is 0 Å². The molecule has 3 unspecified atom stereocenters. The molecule has 3 atom stereocenters. The van der Waals surface area contributed by atoms with Gasteiger partial charge in [-0.1, -0.05) is 6.07 Å². The number of halogens is 1. The fourth-order valence-corrected chi connectivity index (χ4v) is 1.81. The van der Waals surface area contributed by atoms with Crippen LogP contribution in [0.25, 0.3) is 5.32 Å². The Balaban J connectivity index is 0. The van der Waals surface area contributed by atoms with Crippen molar-refractivity contribution >= 4 is 35.5 Å². The zero-order valence-corrected chi connectivity index (χ0v) is 19.0. The number of allylic oxidation sites excluding steroid dienone is 1. The number of ether oxygens (including phenoxy) is 1. The summed E-state index contributed by atoms with van der Waals surface area (Å²) in [5.74, 6) is 0. The molecule has 0 spiro atoms. The summed E-state index contributed by atoms with van der Waals surface area (Å²) in [6, 6.07) is 7.66. The third-order valence-corrected chi connectivity index (χ3v) is 2.52. The van der Waals surface area contributed by atoms with Gasteiger partial charge in [-0.15, -0.1) is 47.9 Å². The van der Waals surface area contributed by atoms with Crippen LogP contribution in [0.15, 0.2) is 36.4 Å². The van der Waals surface area contributed by atoms with E-state index in [1.807, 2.05) is 63.6 Å². The van der Waals surface area contributed by atoms with Crippen LogP contribution in [0.1, 0.15) is 37.9 Å². The zero-order chi connectivity index (χ0) is 15.2. The van der Waals surface area contributed by atoms with Gasteiger partial charge in [-0.3, -0.25) is 4.79 Å². The second kappa shape index (κ2) is 11.4. The number of rotatable bonds is 1. The summed E-state index contributed by atoms with van der Waals surface area (Å²) in [6.07, 6.45) is 5.30. The van der Waals surface area contributed by atoms with Gasteiger partial charge in [-0.25, -0.2) is 0 Å². The monoisotopic (exact) mass is 539 g/mol. The molecule has 7 heteroatoms. The van der Waals surface area contributed by atoms with Crippen molar-refractivity contribution in [2.24, 2.45) is 0 Å². The Hall–Kier alpha value is -0.101. The topological polar surface area (TPSA) is 40.4 Å². The van der Waals surface area contributed by atoms with Crippen LogP contribution in [0.2, 0.25) is 0 Å². The van der Waals surface area contributed by atoms with E-state index in [9.17, 15) is 4.79 Å². The second-order valence-corrected chi connectivity index (χ2v) is 5.23. The van der Waals surface area contributed by atoms with Crippen LogP contribution in [0.4, 0.5) is 4.79 Å². The normalized spacial score (nSPS) is 14.7. The fraction of sp³-hybridized carbons (Fsp3) is 0.333. The Morgan fingerprint density at radius 3 is 2.45 bits per heavy atom. The minimum absolute atomic E-state index is 0. The number of hydrogen-bond donors (Lipinski definition) is 0. The van der Waals surface area contributed by atoms with Crippen molar-refractivity contribution in [2.45, 2.75) is 32.4 Å². The van der Waals surface area contributed by atoms with Crippen LogP contribution >= 0.6 is 29.4 Å². The van der Waals surface area contributed by atoms with E-state index in [0.717, 1.165) is 11.1 Å². The van der Waals surface area contributed by atoms with Crippen LogP contribution in [0.5, 0.6) is 0 Å². The summed E-state index contributed by atoms with van der Waals surface area (Å²) in [5.41, 5.74) is 1.62. The molecule has 126 valence electrons. The molecular weight excluding hydrogens is 516 g/mol. The molecule has 0 bridgehead atoms. The first kappa shape index (κ1) is 24.2. The maximum atomic E-state index is 11.7. The second-order valence-electron chi connectivity index (χ2n) is 5.23. The molecule has 0 aliphatic heterocycles. The Morgan fingerprint density at radius 1 is 1.27 bits per heavy atom. The number of carbonyl (C=O) groups excluding carboxylic acids is 1. The molecule has 1 aromatic rings. The van der Waals surface area contributed by atoms with Gasteiger partial charge in [0.15, 0.2) is 0 Å². The van der Waals surface area contributed by atoms with Gasteiger partial charge in [0, 0.05) is 0 Å². The standard InChI is InChI=1S/C15H18NO2.ClH.Ir.2H3P/c1-15(2,3)18-14(17)16-13-10-6-8-11-7-4-5-9-12(11)13;;;;/h4-10,13H,1-3H3,(H,16,17);1H;;2*1H3/q-1;;+3;;/p-2. The molecule has 0 radical (unpaired) electrons. The summed E-state index contributed by atoms with van der Waals surface area (Å²) in [7, 11) is 4.64. The van der Waals surface area contributed by atoms with E-state index in [0.29, 0.717) is 0 Å². The Bertz CT molecular complexity index is 493. The van der Waals surface area contributed by atoms with E-state index in [-0.39, 0.29) is 25.8 Å². The molecule has 3 nitrogen and oxygen atoms in total. The molecule has 0 heterocycles. The predicted molar refractivity (Wildman–Crippen MR) is 99.4 cm³/mol. The van der Waals surface area contributed by atoms with Gasteiger partial charge in [0.05, 0.1) is 0 Å². The van der Waals surface area contributed by atoms with Gasteiger partial charge in [0.1, 0.15) is 5.60 Å². The molecule has 1 aliphatic rings. The van der Waals surface area contributed by atoms with E-state index in [1.54, 1.807) is 0 Å². The van der Waals surface area contributed by atoms with Crippen molar-refractivity contribution in [1.82, 2.24) is 0 Å². The summed E-state index contributed by atoms with van der Waals surface area (Å²) in [5, 5.41) is 4.09. The van der Waals surface area contributed by atoms with Gasteiger partial charge in [0.2, 0.25) is 6.09 Å². The summed E-state index contributed by atoms with van der Waals surface area (Å²) < 4.78 is 5.21. The number of nitrogens with zero attached hydrogens (tertiary/aromatic N) is 1. The van der Waals surface area contributed by atoms with E-state index < -0.39 is 11.7 Å². The van der Waals surface area contributed by atoms with Crippen LogP contribution in [-0.2, 0) is 22.6 Å². The van der Waals surface area contributed by atoms with E-state index in [4.69, 9.17) is 4.74 Å². The van der Waals surface area contributed by atoms with Gasteiger partial charge in [-0.05, 0) is 20.8 Å². The first-order valence-corrected chi connectivity index (χ1v) is 9.09. The Labute approximate surface area is 154 Å². The third-order valence-electron chi connectivity index (χ3n) is 2.52. The molecule has 0 N–H and O–H groups in total. The Kier molecular flexibility index (Phi) is 12.6. The molecule has 2 rings (SSSR count). The summed E-state index contributed by atoms with van der Waals surface area (Å²) in [4.78, 5) is 11.7. The molecule has 0 aromatic heterocycles. The van der Waals surface area contributed by atoms with E-state index >= 15 is 0 Å². The molecule has 1 amide bonds. The van der Waals surface area contributed by atoms with E-state index in [1.165, 1.54) is 17.9 Å². The quantitative estimate of drug-likeness (QED) is 0.374. The van der Waals surface area contributed by atoms with Gasteiger partial charge in [0.25, 0.3) is 0 Å². The number of hydrogen-bond acceptors (Lipinski definition) is 2. The summed E-state index contributed by atoms with van der Waals surface area (Å²) >= 11 is 1.47. The zero-order valence-electron chi connectivity index (χ0n) is 13.0. The van der Waals surface area contributed by atoms with Crippen molar-refractivity contribution in [2.75, 3.05) is 0 Å². The molecule has 1 aliphatic carbocycles. The number of amides is 1. The van der Waals surface area contributed by atoms with Crippen molar-refractivity contribution < 1.29 is 27.4 Å². The summed E-state index contributed by atoms with van der Waals surface area (Å²) in [6.45, 7) is 5.50. The third kappa shape index (κ3) is 7.95. The molecule has 0 fully saturated rings. The number of benzene rings is 1. The average Bonchev–Trinajstić information content (AvgIpc) is 2.39. The van der Waals surface area contributed by atoms with Crippen molar-refractivity contribution in [3.63, 3.8) is 0 Å². The first-order chi connectivity index (χ1) is 9.46. The first-order valence-electron chi connectivity index (χ1n) is 6.12. The molecular formula is C15H23ClIrNO2P2. The SMILES string of the molecule is CC(C)(C)OC(=O)[N-]C1C=C[CH-]c2ccccc21.P.P.[Cl][Ir+2]. The van der Waals surface area contributed by atoms with E-state index in [2.05, 4.69) is 14.9 Å². The van der Waals surface area contributed by atoms with Gasteiger partial charge in [-0.2, -0.15) is 25.9 Å². The van der Waals surface area contributed by atoms with Gasteiger partial charge < -0.3 is 10.1 Å².